The average Bonchev–Trinajstić information content (AvgIpc) is 2.76. The molecule has 1 aliphatic heterocycles. The molecule has 26 heavy (non-hydrogen) atoms. The van der Waals surface area contributed by atoms with Gasteiger partial charge in [-0.3, -0.25) is 13.9 Å². The van der Waals surface area contributed by atoms with Gasteiger partial charge in [-0.05, 0) is 43.4 Å². The molecule has 1 amide bonds. The lowest BCUT2D eigenvalue weighted by Gasteiger charge is -2.24. The van der Waals surface area contributed by atoms with Gasteiger partial charge < -0.3 is 10.1 Å². The molecule has 144 valence electrons. The molecule has 1 heterocycles. The first kappa shape index (κ1) is 20.2. The van der Waals surface area contributed by atoms with E-state index in [1.54, 1.807) is 13.0 Å². The van der Waals surface area contributed by atoms with Gasteiger partial charge >= 0.3 is 5.97 Å². The van der Waals surface area contributed by atoms with Gasteiger partial charge in [-0.2, -0.15) is 0 Å². The molecule has 1 atom stereocenters. The average molecular weight is 382 g/mol. The number of sulfonamides is 1. The summed E-state index contributed by atoms with van der Waals surface area (Å²) < 4.78 is 29.8. The second-order valence-electron chi connectivity index (χ2n) is 6.68. The van der Waals surface area contributed by atoms with E-state index in [-0.39, 0.29) is 18.5 Å². The lowest BCUT2D eigenvalue weighted by atomic mass is 10.00. The number of amides is 1. The highest BCUT2D eigenvalue weighted by molar-refractivity contribution is 7.92. The molecule has 0 radical (unpaired) electrons. The van der Waals surface area contributed by atoms with Crippen LogP contribution in [0.5, 0.6) is 0 Å². The van der Waals surface area contributed by atoms with Crippen molar-refractivity contribution in [1.82, 2.24) is 5.32 Å². The van der Waals surface area contributed by atoms with Crippen molar-refractivity contribution < 1.29 is 22.7 Å². The van der Waals surface area contributed by atoms with Crippen molar-refractivity contribution in [2.45, 2.75) is 45.1 Å². The van der Waals surface area contributed by atoms with E-state index < -0.39 is 16.0 Å². The van der Waals surface area contributed by atoms with Gasteiger partial charge in [0.05, 0.1) is 19.1 Å². The highest BCUT2D eigenvalue weighted by Gasteiger charge is 2.23. The third kappa shape index (κ3) is 5.45. The third-order valence-electron chi connectivity index (χ3n) is 4.48. The van der Waals surface area contributed by atoms with Crippen LogP contribution >= 0.6 is 0 Å². The summed E-state index contributed by atoms with van der Waals surface area (Å²) in [6.07, 6.45) is 5.20. The Kier molecular flexibility index (Phi) is 6.63. The smallest absolute Gasteiger partial charge is 0.326 e. The first-order valence-electron chi connectivity index (χ1n) is 8.64. The van der Waals surface area contributed by atoms with Crippen LogP contribution in [-0.2, 0) is 30.8 Å². The van der Waals surface area contributed by atoms with Crippen LogP contribution in [0.25, 0.3) is 0 Å². The van der Waals surface area contributed by atoms with E-state index in [1.807, 2.05) is 12.1 Å². The number of nitrogens with one attached hydrogen (secondary N) is 1. The molecular weight excluding hydrogens is 356 g/mol. The van der Waals surface area contributed by atoms with Crippen molar-refractivity contribution >= 4 is 27.6 Å². The van der Waals surface area contributed by atoms with E-state index in [0.29, 0.717) is 18.5 Å². The van der Waals surface area contributed by atoms with Crippen molar-refractivity contribution in [2.24, 2.45) is 0 Å². The fraction of sp³-hybridized carbons (Fsp3) is 0.556. The van der Waals surface area contributed by atoms with Crippen molar-refractivity contribution in [3.05, 3.63) is 29.3 Å². The van der Waals surface area contributed by atoms with Crippen LogP contribution in [0.3, 0.4) is 0 Å². The third-order valence-corrected chi connectivity index (χ3v) is 5.61. The van der Waals surface area contributed by atoms with Crippen molar-refractivity contribution in [3.63, 3.8) is 0 Å². The molecule has 1 N–H and O–H groups in total. The molecule has 1 saturated heterocycles. The van der Waals surface area contributed by atoms with Gasteiger partial charge in [-0.15, -0.1) is 0 Å². The second-order valence-corrected chi connectivity index (χ2v) is 8.59. The maximum atomic E-state index is 12.1. The predicted molar refractivity (Wildman–Crippen MR) is 99.5 cm³/mol. The van der Waals surface area contributed by atoms with Gasteiger partial charge in [0.1, 0.15) is 6.54 Å². The van der Waals surface area contributed by atoms with Gasteiger partial charge in [-0.25, -0.2) is 8.42 Å². The number of carbonyl (C=O) groups excluding carboxylic acids is 2. The minimum Gasteiger partial charge on any atom is -0.468 e. The number of nitrogens with zero attached hydrogens (tertiary/aromatic N) is 1. The van der Waals surface area contributed by atoms with Crippen molar-refractivity contribution in [2.75, 3.05) is 24.2 Å². The lowest BCUT2D eigenvalue weighted by molar-refractivity contribution is -0.138. The van der Waals surface area contributed by atoms with Gasteiger partial charge in [0.25, 0.3) is 0 Å². The highest BCUT2D eigenvalue weighted by atomic mass is 32.2. The highest BCUT2D eigenvalue weighted by Crippen LogP contribution is 2.25. The van der Waals surface area contributed by atoms with Gasteiger partial charge in [0, 0.05) is 12.5 Å². The van der Waals surface area contributed by atoms with E-state index in [0.717, 1.165) is 41.0 Å². The van der Waals surface area contributed by atoms with Crippen LogP contribution in [0.1, 0.15) is 36.8 Å². The molecule has 1 unspecified atom stereocenters. The number of carbonyl (C=O) groups is 2. The minimum atomic E-state index is -3.62. The van der Waals surface area contributed by atoms with Gasteiger partial charge in [-0.1, -0.05) is 18.6 Å². The van der Waals surface area contributed by atoms with Crippen LogP contribution in [0.15, 0.2) is 18.2 Å². The van der Waals surface area contributed by atoms with Crippen LogP contribution in [-0.4, -0.2) is 46.2 Å². The van der Waals surface area contributed by atoms with E-state index in [4.69, 9.17) is 0 Å². The Morgan fingerprint density at radius 1 is 1.35 bits per heavy atom. The zero-order valence-electron chi connectivity index (χ0n) is 15.4. The number of hydrogen-bond donors (Lipinski definition) is 1. The number of aryl methyl sites for hydroxylation is 1. The summed E-state index contributed by atoms with van der Waals surface area (Å²) >= 11 is 0. The molecule has 2 rings (SSSR count). The van der Waals surface area contributed by atoms with Gasteiger partial charge in [0.2, 0.25) is 15.9 Å². The number of ether oxygens (including phenoxy) is 1. The number of anilines is 1. The maximum Gasteiger partial charge on any atom is 0.326 e. The molecule has 1 aromatic carbocycles. The topological polar surface area (TPSA) is 92.8 Å². The minimum absolute atomic E-state index is 0.0853. The monoisotopic (exact) mass is 382 g/mol. The Morgan fingerprint density at radius 2 is 2.08 bits per heavy atom. The molecule has 0 bridgehead atoms. The summed E-state index contributed by atoms with van der Waals surface area (Å²) in [6.45, 7) is 1.44. The SMILES string of the molecule is COC(=O)CN(c1ccc(CC2CCCCC(=O)N2)cc1C)S(C)(=O)=O. The molecule has 0 saturated carbocycles. The first-order valence-corrected chi connectivity index (χ1v) is 10.5. The summed E-state index contributed by atoms with van der Waals surface area (Å²) in [5.41, 5.74) is 2.22. The van der Waals surface area contributed by atoms with Crippen LogP contribution in [0, 0.1) is 6.92 Å². The Morgan fingerprint density at radius 3 is 2.69 bits per heavy atom. The maximum absolute atomic E-state index is 12.1. The largest absolute Gasteiger partial charge is 0.468 e. The standard InChI is InChI=1S/C18H26N2O5S/c1-13-10-14(11-15-6-4-5-7-17(21)19-15)8-9-16(13)20(26(3,23)24)12-18(22)25-2/h8-10,15H,4-7,11-12H2,1-3H3,(H,19,21). The first-order chi connectivity index (χ1) is 12.2. The van der Waals surface area contributed by atoms with E-state index >= 15 is 0 Å². The summed E-state index contributed by atoms with van der Waals surface area (Å²) in [6, 6.07) is 5.54. The van der Waals surface area contributed by atoms with Gasteiger partial charge in [0.15, 0.2) is 0 Å². The molecule has 0 aliphatic carbocycles. The summed E-state index contributed by atoms with van der Waals surface area (Å²) in [7, 11) is -2.40. The van der Waals surface area contributed by atoms with Crippen molar-refractivity contribution in [1.29, 1.82) is 0 Å². The fourth-order valence-electron chi connectivity index (χ4n) is 3.17. The fourth-order valence-corrected chi connectivity index (χ4v) is 4.08. The summed E-state index contributed by atoms with van der Waals surface area (Å²) in [5.74, 6) is -0.540. The molecule has 1 fully saturated rings. The second kappa shape index (κ2) is 8.53. The number of hydrogen-bond acceptors (Lipinski definition) is 5. The normalized spacial score (nSPS) is 18.0. The molecular formula is C18H26N2O5S. The number of benzene rings is 1. The van der Waals surface area contributed by atoms with E-state index in [2.05, 4.69) is 10.1 Å². The van der Waals surface area contributed by atoms with Crippen molar-refractivity contribution in [3.8, 4) is 0 Å². The summed E-state index contributed by atoms with van der Waals surface area (Å²) in [5, 5.41) is 3.04. The van der Waals surface area contributed by atoms with Crippen LogP contribution in [0.4, 0.5) is 5.69 Å². The zero-order valence-corrected chi connectivity index (χ0v) is 16.3. The Balaban J connectivity index is 2.21. The van der Waals surface area contributed by atoms with E-state index in [1.165, 1.54) is 7.11 Å². The Bertz CT molecular complexity index is 776. The molecule has 1 aromatic rings. The Hall–Kier alpha value is -2.09. The predicted octanol–water partition coefficient (Wildman–Crippen LogP) is 1.54. The number of rotatable bonds is 6. The van der Waals surface area contributed by atoms with E-state index in [9.17, 15) is 18.0 Å². The zero-order chi connectivity index (χ0) is 19.3. The van der Waals surface area contributed by atoms with Crippen LogP contribution < -0.4 is 9.62 Å². The molecule has 1 aliphatic rings. The molecule has 8 heteroatoms. The number of methoxy groups -OCH3 is 1. The molecule has 0 spiro atoms. The van der Waals surface area contributed by atoms with Crippen LogP contribution in [0.2, 0.25) is 0 Å². The lowest BCUT2D eigenvalue weighted by Crippen LogP contribution is -2.36. The molecule has 0 aromatic heterocycles. The number of esters is 1. The molecule has 7 nitrogen and oxygen atoms in total. The summed E-state index contributed by atoms with van der Waals surface area (Å²) in [4.78, 5) is 23.3. The quantitative estimate of drug-likeness (QED) is 0.754. The Labute approximate surface area is 154 Å².